The van der Waals surface area contributed by atoms with Crippen molar-refractivity contribution >= 4 is 11.9 Å². The fourth-order valence-corrected chi connectivity index (χ4v) is 7.95. The number of ether oxygens (including phenoxy) is 1. The van der Waals surface area contributed by atoms with Crippen LogP contribution in [0.15, 0.2) is 97.2 Å². The molecule has 3 unspecified atom stereocenters. The number of allylic oxidation sites excluding steroid dienone is 16. The van der Waals surface area contributed by atoms with Gasteiger partial charge in [-0.15, -0.1) is 0 Å². The van der Waals surface area contributed by atoms with E-state index in [4.69, 9.17) is 4.74 Å². The van der Waals surface area contributed by atoms with Gasteiger partial charge in [0.1, 0.15) is 6.10 Å². The summed E-state index contributed by atoms with van der Waals surface area (Å²) in [5, 5.41) is 23.8. The first-order chi connectivity index (χ1) is 33.0. The van der Waals surface area contributed by atoms with Crippen molar-refractivity contribution < 1.29 is 24.5 Å². The lowest BCUT2D eigenvalue weighted by Gasteiger charge is -2.24. The summed E-state index contributed by atoms with van der Waals surface area (Å²) in [6.45, 7) is 6.40. The highest BCUT2D eigenvalue weighted by Gasteiger charge is 2.24. The molecule has 6 heteroatoms. The minimum atomic E-state index is -0.810. The van der Waals surface area contributed by atoms with E-state index in [1.807, 2.05) is 6.08 Å². The predicted octanol–water partition coefficient (Wildman–Crippen LogP) is 17.3. The molecule has 3 N–H and O–H groups in total. The molecule has 6 nitrogen and oxygen atoms in total. The number of carbonyl (C=O) groups is 2. The van der Waals surface area contributed by atoms with E-state index in [0.717, 1.165) is 96.3 Å². The summed E-state index contributed by atoms with van der Waals surface area (Å²) < 4.78 is 5.92. The van der Waals surface area contributed by atoms with Crippen LogP contribution in [0.5, 0.6) is 0 Å². The van der Waals surface area contributed by atoms with Gasteiger partial charge in [0.05, 0.1) is 25.2 Å². The topological polar surface area (TPSA) is 95.9 Å². The lowest BCUT2D eigenvalue weighted by molar-refractivity contribution is -0.151. The van der Waals surface area contributed by atoms with Gasteiger partial charge in [-0.2, -0.15) is 0 Å². The fraction of sp³-hybridized carbons (Fsp3) is 0.705. The van der Waals surface area contributed by atoms with Crippen LogP contribution in [0.2, 0.25) is 0 Å². The molecule has 0 aromatic heterocycles. The lowest BCUT2D eigenvalue weighted by atomic mass is 10.0. The van der Waals surface area contributed by atoms with Gasteiger partial charge in [0.2, 0.25) is 5.91 Å². The number of nitrogens with one attached hydrogen (secondary N) is 1. The van der Waals surface area contributed by atoms with E-state index in [1.165, 1.54) is 109 Å². The van der Waals surface area contributed by atoms with E-state index in [1.54, 1.807) is 0 Å². The Kier molecular flexibility index (Phi) is 51.1. The average molecular weight is 933 g/mol. The van der Waals surface area contributed by atoms with Crippen molar-refractivity contribution in [3.8, 4) is 0 Å². The van der Waals surface area contributed by atoms with E-state index in [-0.39, 0.29) is 24.9 Å². The van der Waals surface area contributed by atoms with E-state index in [0.29, 0.717) is 19.3 Å². The summed E-state index contributed by atoms with van der Waals surface area (Å²) in [4.78, 5) is 26.2. The number of aliphatic hydroxyl groups excluding tert-OH is 2. The monoisotopic (exact) mass is 932 g/mol. The summed E-state index contributed by atoms with van der Waals surface area (Å²) in [5.74, 6) is -0.552. The van der Waals surface area contributed by atoms with E-state index >= 15 is 0 Å². The highest BCUT2D eigenvalue weighted by molar-refractivity contribution is 5.77. The van der Waals surface area contributed by atoms with Crippen LogP contribution in [0.4, 0.5) is 0 Å². The van der Waals surface area contributed by atoms with Crippen LogP contribution in [-0.2, 0) is 14.3 Å². The van der Waals surface area contributed by atoms with Crippen molar-refractivity contribution in [2.24, 2.45) is 0 Å². The molecule has 384 valence electrons. The van der Waals surface area contributed by atoms with Crippen molar-refractivity contribution in [1.29, 1.82) is 0 Å². The zero-order valence-electron chi connectivity index (χ0n) is 43.8. The van der Waals surface area contributed by atoms with Crippen LogP contribution in [0.1, 0.15) is 252 Å². The molecule has 67 heavy (non-hydrogen) atoms. The zero-order chi connectivity index (χ0) is 48.8. The minimum Gasteiger partial charge on any atom is -0.462 e. The zero-order valence-corrected chi connectivity index (χ0v) is 43.8. The van der Waals surface area contributed by atoms with Crippen LogP contribution >= 0.6 is 0 Å². The minimum absolute atomic E-state index is 0.0336. The van der Waals surface area contributed by atoms with Crippen LogP contribution in [0.3, 0.4) is 0 Å². The molecule has 0 aromatic carbocycles. The van der Waals surface area contributed by atoms with Gasteiger partial charge in [0, 0.05) is 6.42 Å². The van der Waals surface area contributed by atoms with Crippen LogP contribution in [-0.4, -0.2) is 46.9 Å². The van der Waals surface area contributed by atoms with Crippen molar-refractivity contribution in [3.63, 3.8) is 0 Å². The molecule has 0 aromatic rings. The Hall–Kier alpha value is -3.22. The summed E-state index contributed by atoms with van der Waals surface area (Å²) >= 11 is 0. The molecule has 0 aliphatic carbocycles. The van der Waals surface area contributed by atoms with Crippen LogP contribution in [0, 0.1) is 0 Å². The van der Waals surface area contributed by atoms with Gasteiger partial charge in [-0.1, -0.05) is 240 Å². The Bertz CT molecular complexity index is 1320. The van der Waals surface area contributed by atoms with Crippen molar-refractivity contribution in [3.05, 3.63) is 97.2 Å². The highest BCUT2D eigenvalue weighted by Crippen LogP contribution is 2.17. The maximum absolute atomic E-state index is 13.2. The molecule has 1 amide bonds. The van der Waals surface area contributed by atoms with Crippen molar-refractivity contribution in [1.82, 2.24) is 5.32 Å². The SMILES string of the molecule is CCCCC/C=C\C/C=C\C/C=C\C/C=C\CCCCCC(=O)OC(CCCCC/C=C/C=C/C=C/C=C/CCCCC)CC(=O)NC(CO)C(O)CCCCCCCCCCCCCCC. The van der Waals surface area contributed by atoms with Gasteiger partial charge in [-0.3, -0.25) is 9.59 Å². The summed E-state index contributed by atoms with van der Waals surface area (Å²) in [6, 6.07) is -0.728. The number of amides is 1. The normalized spacial score (nSPS) is 13.9. The number of carbonyl (C=O) groups excluding carboxylic acids is 2. The smallest absolute Gasteiger partial charge is 0.306 e. The number of hydrogen-bond acceptors (Lipinski definition) is 5. The number of unbranched alkanes of at least 4 members (excludes halogenated alkanes) is 24. The maximum atomic E-state index is 13.2. The predicted molar refractivity (Wildman–Crippen MR) is 291 cm³/mol. The van der Waals surface area contributed by atoms with Crippen LogP contribution in [0.25, 0.3) is 0 Å². The first-order valence-corrected chi connectivity index (χ1v) is 28.0. The standard InChI is InChI=1S/C61H105NO5/c1-4-7-10-13-16-19-22-25-27-29-30-31-33-36-39-42-45-48-51-54-61(66)67-57(52-49-46-43-40-37-35-32-28-26-23-20-17-14-11-8-5-2)55-60(65)62-58(56-63)59(64)53-50-47-44-41-38-34-24-21-18-15-12-9-6-3/h16-17,19-20,23,25-28,30-32,35-37,39,57-59,63-64H,4-15,18,21-22,24,29,33-34,38,40-56H2,1-3H3,(H,62,65)/b19-16-,20-17+,26-23+,27-25-,31-30-,32-28+,37-35+,39-36-. The molecule has 0 rings (SSSR count). The Balaban J connectivity index is 4.73. The quantitative estimate of drug-likeness (QED) is 0.0244. The second kappa shape index (κ2) is 53.7. The molecule has 0 radical (unpaired) electrons. The first kappa shape index (κ1) is 63.8. The maximum Gasteiger partial charge on any atom is 0.306 e. The van der Waals surface area contributed by atoms with E-state index in [9.17, 15) is 19.8 Å². The summed E-state index contributed by atoms with van der Waals surface area (Å²) in [7, 11) is 0. The van der Waals surface area contributed by atoms with Gasteiger partial charge in [-0.25, -0.2) is 0 Å². The van der Waals surface area contributed by atoms with Gasteiger partial charge in [0.25, 0.3) is 0 Å². The molecule has 0 saturated heterocycles. The molecular weight excluding hydrogens is 827 g/mol. The third-order valence-electron chi connectivity index (χ3n) is 12.2. The molecule has 0 fully saturated rings. The van der Waals surface area contributed by atoms with Crippen molar-refractivity contribution in [2.75, 3.05) is 6.61 Å². The Morgan fingerprint density at radius 1 is 0.448 bits per heavy atom. The number of rotatable bonds is 49. The van der Waals surface area contributed by atoms with Gasteiger partial charge in [0.15, 0.2) is 0 Å². The third-order valence-corrected chi connectivity index (χ3v) is 12.2. The Labute approximate surface area is 414 Å². The number of aliphatic hydroxyl groups is 2. The molecule has 0 bridgehead atoms. The van der Waals surface area contributed by atoms with Crippen LogP contribution < -0.4 is 5.32 Å². The molecule has 0 aliphatic heterocycles. The second-order valence-corrected chi connectivity index (χ2v) is 18.7. The van der Waals surface area contributed by atoms with E-state index < -0.39 is 18.2 Å². The summed E-state index contributed by atoms with van der Waals surface area (Å²) in [6.07, 6.45) is 71.7. The molecule has 3 atom stereocenters. The second-order valence-electron chi connectivity index (χ2n) is 18.7. The molecule has 0 saturated carbocycles. The molecule has 0 heterocycles. The summed E-state index contributed by atoms with van der Waals surface area (Å²) in [5.41, 5.74) is 0. The van der Waals surface area contributed by atoms with Crippen molar-refractivity contribution in [2.45, 2.75) is 270 Å². The first-order valence-electron chi connectivity index (χ1n) is 28.0. The van der Waals surface area contributed by atoms with Gasteiger partial charge >= 0.3 is 5.97 Å². The lowest BCUT2D eigenvalue weighted by Crippen LogP contribution is -2.46. The highest BCUT2D eigenvalue weighted by atomic mass is 16.5. The van der Waals surface area contributed by atoms with Gasteiger partial charge < -0.3 is 20.3 Å². The molecular formula is C61H105NO5. The number of hydrogen-bond donors (Lipinski definition) is 3. The third kappa shape index (κ3) is 49.0. The van der Waals surface area contributed by atoms with E-state index in [2.05, 4.69) is 117 Å². The average Bonchev–Trinajstić information content (AvgIpc) is 3.32. The van der Waals surface area contributed by atoms with Gasteiger partial charge in [-0.05, 0) is 96.3 Å². The molecule has 0 spiro atoms. The molecule has 0 aliphatic rings. The fourth-order valence-electron chi connectivity index (χ4n) is 7.95. The number of esters is 1. The Morgan fingerprint density at radius 2 is 0.821 bits per heavy atom. The Morgan fingerprint density at radius 3 is 1.31 bits per heavy atom. The largest absolute Gasteiger partial charge is 0.462 e.